The van der Waals surface area contributed by atoms with Gasteiger partial charge < -0.3 is 64.2 Å². The Hall–Kier alpha value is -2.02. The molecule has 0 aliphatic carbocycles. The molecule has 15 nitrogen and oxygen atoms in total. The van der Waals surface area contributed by atoms with Crippen LogP contribution in [0.5, 0.6) is 0 Å². The zero-order valence-corrected chi connectivity index (χ0v) is 39.3. The highest BCUT2D eigenvalue weighted by Crippen LogP contribution is 2.26. The van der Waals surface area contributed by atoms with Crippen LogP contribution in [0.15, 0.2) is 24.3 Å². The van der Waals surface area contributed by atoms with Gasteiger partial charge in [-0.05, 0) is 44.9 Å². The van der Waals surface area contributed by atoms with Gasteiger partial charge in [-0.15, -0.1) is 0 Å². The maximum absolute atomic E-state index is 13.0. The van der Waals surface area contributed by atoms with Crippen LogP contribution in [0.1, 0.15) is 181 Å². The molecule has 0 aromatic heterocycles. The molecule has 2 aliphatic heterocycles. The molecule has 0 bridgehead atoms. The first-order valence-corrected chi connectivity index (χ1v) is 24.9. The molecule has 0 amide bonds. The average Bonchev–Trinajstić information content (AvgIpc) is 3.29. The van der Waals surface area contributed by atoms with Crippen LogP contribution in [0, 0.1) is 0 Å². The second kappa shape index (κ2) is 37.0. The topological polar surface area (TPSA) is 231 Å². The third kappa shape index (κ3) is 25.2. The molecule has 2 heterocycles. The molecule has 0 spiro atoms. The Morgan fingerprint density at radius 3 is 1.48 bits per heavy atom. The van der Waals surface area contributed by atoms with Gasteiger partial charge in [-0.25, -0.2) is 0 Å². The molecule has 7 N–H and O–H groups in total. The summed E-state index contributed by atoms with van der Waals surface area (Å²) in [5.74, 6) is -0.936. The van der Waals surface area contributed by atoms with E-state index in [1.54, 1.807) is 0 Å². The molecule has 11 atom stereocenters. The number of hydrogen-bond acceptors (Lipinski definition) is 15. The van der Waals surface area contributed by atoms with Crippen LogP contribution < -0.4 is 0 Å². The van der Waals surface area contributed by atoms with Crippen molar-refractivity contribution >= 4 is 11.9 Å². The third-order valence-electron chi connectivity index (χ3n) is 11.9. The number of hydrogen-bond donors (Lipinski definition) is 7. The lowest BCUT2D eigenvalue weighted by atomic mass is 9.98. The number of unbranched alkanes of at least 4 members (excludes halogenated alkanes) is 20. The fraction of sp³-hybridized carbons (Fsp3) is 0.878. The number of carbonyl (C=O) groups is 2. The predicted molar refractivity (Wildman–Crippen MR) is 243 cm³/mol. The van der Waals surface area contributed by atoms with Gasteiger partial charge >= 0.3 is 11.9 Å². The minimum absolute atomic E-state index is 0.152. The number of esters is 2. The number of carbonyl (C=O) groups excluding carboxylic acids is 2. The van der Waals surface area contributed by atoms with Crippen molar-refractivity contribution in [3.05, 3.63) is 24.3 Å². The van der Waals surface area contributed by atoms with Crippen molar-refractivity contribution in [3.8, 4) is 0 Å². The van der Waals surface area contributed by atoms with E-state index < -0.39 is 92.7 Å². The Bertz CT molecular complexity index is 1220. The highest BCUT2D eigenvalue weighted by atomic mass is 16.7. The lowest BCUT2D eigenvalue weighted by Gasteiger charge is -2.42. The Kier molecular flexibility index (Phi) is 33.6. The third-order valence-corrected chi connectivity index (χ3v) is 11.9. The fourth-order valence-corrected chi connectivity index (χ4v) is 7.78. The minimum Gasteiger partial charge on any atom is -0.462 e. The lowest BCUT2D eigenvalue weighted by molar-refractivity contribution is -0.332. The van der Waals surface area contributed by atoms with Gasteiger partial charge in [0.15, 0.2) is 18.7 Å². The second-order valence-electron chi connectivity index (χ2n) is 17.6. The van der Waals surface area contributed by atoms with Crippen molar-refractivity contribution in [3.63, 3.8) is 0 Å². The molecule has 2 aliphatic rings. The van der Waals surface area contributed by atoms with E-state index in [0.29, 0.717) is 12.8 Å². The van der Waals surface area contributed by atoms with Gasteiger partial charge in [0.25, 0.3) is 0 Å². The van der Waals surface area contributed by atoms with Gasteiger partial charge in [-0.3, -0.25) is 9.59 Å². The van der Waals surface area contributed by atoms with Crippen LogP contribution in [-0.4, -0.2) is 142 Å². The van der Waals surface area contributed by atoms with Crippen molar-refractivity contribution in [2.24, 2.45) is 0 Å². The summed E-state index contributed by atoms with van der Waals surface area (Å²) in [4.78, 5) is 25.7. The standard InChI is InChI=1S/C49H88O15/c1-3-5-7-9-11-13-15-17-18-20-22-24-26-28-30-32-41(52)62-37(34-59-40(51)31-29-27-25-23-21-19-16-14-12-10-8-6-4-2)35-60-48-47(58)45(56)43(54)39(64-48)36-61-49-46(57)44(55)42(53)38(33-50)63-49/h11,13,17-18,37-39,42-50,53-58H,3-10,12,14-16,19-36H2,1-2H3/t37-,38-,39-,42+,43+,44+,45+,46-,47-,48-,49+/m1/s1. The quantitative estimate of drug-likeness (QED) is 0.0203. The summed E-state index contributed by atoms with van der Waals surface area (Å²) < 4.78 is 33.5. The zero-order valence-electron chi connectivity index (χ0n) is 39.3. The lowest BCUT2D eigenvalue weighted by Crippen LogP contribution is -2.61. The van der Waals surface area contributed by atoms with Gasteiger partial charge in [-0.2, -0.15) is 0 Å². The van der Waals surface area contributed by atoms with E-state index in [4.69, 9.17) is 28.4 Å². The van der Waals surface area contributed by atoms with E-state index in [-0.39, 0.29) is 26.1 Å². The molecular weight excluding hydrogens is 829 g/mol. The van der Waals surface area contributed by atoms with Crippen LogP contribution >= 0.6 is 0 Å². The maximum atomic E-state index is 13.0. The molecule has 15 heteroatoms. The van der Waals surface area contributed by atoms with E-state index in [1.165, 1.54) is 77.0 Å². The van der Waals surface area contributed by atoms with E-state index in [9.17, 15) is 45.3 Å². The van der Waals surface area contributed by atoms with Gasteiger partial charge in [-0.1, -0.05) is 147 Å². The Morgan fingerprint density at radius 2 is 0.938 bits per heavy atom. The minimum atomic E-state index is -1.76. The Labute approximate surface area is 383 Å². The molecule has 0 aromatic carbocycles. The van der Waals surface area contributed by atoms with Gasteiger partial charge in [0.2, 0.25) is 0 Å². The normalized spacial score (nSPS) is 26.8. The number of rotatable bonds is 38. The summed E-state index contributed by atoms with van der Waals surface area (Å²) in [6, 6.07) is 0. The fourth-order valence-electron chi connectivity index (χ4n) is 7.78. The summed E-state index contributed by atoms with van der Waals surface area (Å²) >= 11 is 0. The summed E-state index contributed by atoms with van der Waals surface area (Å²) in [7, 11) is 0. The van der Waals surface area contributed by atoms with Crippen molar-refractivity contribution in [2.45, 2.75) is 248 Å². The highest BCUT2D eigenvalue weighted by molar-refractivity contribution is 5.70. The van der Waals surface area contributed by atoms with Crippen LogP contribution in [0.3, 0.4) is 0 Å². The molecule has 2 saturated heterocycles. The molecule has 374 valence electrons. The largest absolute Gasteiger partial charge is 0.462 e. The van der Waals surface area contributed by atoms with Gasteiger partial charge in [0, 0.05) is 12.8 Å². The summed E-state index contributed by atoms with van der Waals surface area (Å²) in [6.07, 6.45) is 19.2. The van der Waals surface area contributed by atoms with E-state index >= 15 is 0 Å². The van der Waals surface area contributed by atoms with Crippen LogP contribution in [0.2, 0.25) is 0 Å². The molecule has 0 unspecified atom stereocenters. The molecular formula is C49H88O15. The van der Waals surface area contributed by atoms with Crippen molar-refractivity contribution in [2.75, 3.05) is 26.4 Å². The predicted octanol–water partition coefficient (Wildman–Crippen LogP) is 6.38. The first-order chi connectivity index (χ1) is 31.0. The van der Waals surface area contributed by atoms with Crippen LogP contribution in [-0.2, 0) is 38.0 Å². The molecule has 2 fully saturated rings. The van der Waals surface area contributed by atoms with Crippen molar-refractivity contribution in [1.29, 1.82) is 0 Å². The molecule has 0 radical (unpaired) electrons. The Morgan fingerprint density at radius 1 is 0.500 bits per heavy atom. The molecule has 0 saturated carbocycles. The zero-order chi connectivity index (χ0) is 46.8. The van der Waals surface area contributed by atoms with E-state index in [0.717, 1.165) is 64.2 Å². The Balaban J connectivity index is 1.83. The molecule has 0 aromatic rings. The molecule has 64 heavy (non-hydrogen) atoms. The summed E-state index contributed by atoms with van der Waals surface area (Å²) in [5.41, 5.74) is 0. The SMILES string of the molecule is CCCCCC=CCC=CCCCCCCCC(=O)O[C@H](COC(=O)CCCCCCCCCCCCCCC)CO[C@@H]1O[C@H](CO[C@H]2O[C@H](CO)[C@H](O)[C@H](O)[C@H]2O)[C@H](O)[C@H](O)[C@H]1O. The maximum Gasteiger partial charge on any atom is 0.306 e. The number of aliphatic hydroxyl groups is 7. The second-order valence-corrected chi connectivity index (χ2v) is 17.6. The number of ether oxygens (including phenoxy) is 6. The van der Waals surface area contributed by atoms with E-state index in [2.05, 4.69) is 38.2 Å². The van der Waals surface area contributed by atoms with Crippen LogP contribution in [0.25, 0.3) is 0 Å². The number of aliphatic hydroxyl groups excluding tert-OH is 7. The van der Waals surface area contributed by atoms with Crippen LogP contribution in [0.4, 0.5) is 0 Å². The highest BCUT2D eigenvalue weighted by Gasteiger charge is 2.47. The van der Waals surface area contributed by atoms with Gasteiger partial charge in [0.05, 0.1) is 19.8 Å². The average molecular weight is 917 g/mol. The smallest absolute Gasteiger partial charge is 0.306 e. The van der Waals surface area contributed by atoms with Crippen molar-refractivity contribution in [1.82, 2.24) is 0 Å². The summed E-state index contributed by atoms with van der Waals surface area (Å²) in [5, 5.41) is 72.0. The first-order valence-electron chi connectivity index (χ1n) is 24.9. The van der Waals surface area contributed by atoms with Gasteiger partial charge in [0.1, 0.15) is 55.4 Å². The summed E-state index contributed by atoms with van der Waals surface area (Å²) in [6.45, 7) is 2.55. The first kappa shape index (κ1) is 58.1. The van der Waals surface area contributed by atoms with Crippen molar-refractivity contribution < 1.29 is 73.8 Å². The monoisotopic (exact) mass is 917 g/mol. The number of allylic oxidation sites excluding steroid dienone is 4. The molecule has 2 rings (SSSR count). The van der Waals surface area contributed by atoms with E-state index in [1.807, 2.05) is 0 Å².